The summed E-state index contributed by atoms with van der Waals surface area (Å²) >= 11 is 11.1. The molecule has 9 heteroatoms. The number of hydrazine groups is 1. The molecule has 158 valence electrons. The number of hydrogen-bond donors (Lipinski definition) is 3. The number of benzene rings is 2. The molecular weight excluding hydrogens is 426 g/mol. The van der Waals surface area contributed by atoms with Crippen LogP contribution in [0.3, 0.4) is 0 Å². The van der Waals surface area contributed by atoms with E-state index in [2.05, 4.69) is 16.2 Å². The molecule has 2 aromatic carbocycles. The van der Waals surface area contributed by atoms with E-state index in [-0.39, 0.29) is 11.7 Å². The first-order valence-corrected chi connectivity index (χ1v) is 9.68. The van der Waals surface area contributed by atoms with Gasteiger partial charge in [-0.2, -0.15) is 0 Å². The summed E-state index contributed by atoms with van der Waals surface area (Å²) in [5, 5.41) is 3.04. The van der Waals surface area contributed by atoms with Crippen molar-refractivity contribution >= 4 is 46.8 Å². The summed E-state index contributed by atoms with van der Waals surface area (Å²) in [7, 11) is 1.58. The summed E-state index contributed by atoms with van der Waals surface area (Å²) in [5.74, 6) is 0.346. The largest absolute Gasteiger partial charge is 0.497 e. The van der Waals surface area contributed by atoms with Gasteiger partial charge in [-0.1, -0.05) is 23.7 Å². The Labute approximate surface area is 185 Å². The summed E-state index contributed by atoms with van der Waals surface area (Å²) in [6.07, 6.45) is 2.95. The van der Waals surface area contributed by atoms with E-state index in [1.165, 1.54) is 6.08 Å². The quantitative estimate of drug-likeness (QED) is 0.358. The second kappa shape index (κ2) is 11.2. The average molecular weight is 448 g/mol. The van der Waals surface area contributed by atoms with Crippen LogP contribution in [0, 0.1) is 13.8 Å². The van der Waals surface area contributed by atoms with Gasteiger partial charge in [-0.25, -0.2) is 0 Å². The van der Waals surface area contributed by atoms with E-state index in [0.29, 0.717) is 10.8 Å². The predicted octanol–water partition coefficient (Wildman–Crippen LogP) is 3.08. The lowest BCUT2D eigenvalue weighted by Crippen LogP contribution is -2.49. The van der Waals surface area contributed by atoms with Gasteiger partial charge in [-0.3, -0.25) is 25.8 Å². The molecule has 0 fully saturated rings. The number of carbonyl (C=O) groups excluding carboxylic acids is 2. The van der Waals surface area contributed by atoms with Gasteiger partial charge in [0.15, 0.2) is 11.7 Å². The summed E-state index contributed by atoms with van der Waals surface area (Å²) in [4.78, 5) is 23.8. The maximum absolute atomic E-state index is 11.9. The Morgan fingerprint density at radius 3 is 2.30 bits per heavy atom. The molecule has 0 aromatic heterocycles. The number of halogens is 1. The molecule has 0 atom stereocenters. The highest BCUT2D eigenvalue weighted by molar-refractivity contribution is 7.80. The van der Waals surface area contributed by atoms with Gasteiger partial charge in [-0.05, 0) is 73.1 Å². The van der Waals surface area contributed by atoms with Crippen molar-refractivity contribution in [3.8, 4) is 11.5 Å². The standard InChI is InChI=1S/C21H22ClN3O4S/c1-13-10-17(11-14(2)20(13)22)29-12-19(27)24-25-21(30)23-18(26)9-6-15-4-7-16(28-3)8-5-15/h4-11H,12H2,1-3H3,(H,24,27)(H2,23,25,26,30). The van der Waals surface area contributed by atoms with Gasteiger partial charge in [0.1, 0.15) is 11.5 Å². The summed E-state index contributed by atoms with van der Waals surface area (Å²) in [6.45, 7) is 3.48. The van der Waals surface area contributed by atoms with Crippen molar-refractivity contribution < 1.29 is 19.1 Å². The lowest BCUT2D eigenvalue weighted by atomic mass is 10.1. The highest BCUT2D eigenvalue weighted by Gasteiger charge is 2.07. The Kier molecular flexibility index (Phi) is 8.64. The molecule has 0 aliphatic rings. The lowest BCUT2D eigenvalue weighted by Gasteiger charge is -2.12. The number of rotatable bonds is 6. The van der Waals surface area contributed by atoms with E-state index in [4.69, 9.17) is 33.3 Å². The van der Waals surface area contributed by atoms with E-state index in [0.717, 1.165) is 22.4 Å². The van der Waals surface area contributed by atoms with Gasteiger partial charge in [-0.15, -0.1) is 0 Å². The number of carbonyl (C=O) groups is 2. The van der Waals surface area contributed by atoms with Crippen molar-refractivity contribution in [1.82, 2.24) is 16.2 Å². The van der Waals surface area contributed by atoms with Crippen LogP contribution in [-0.4, -0.2) is 30.6 Å². The van der Waals surface area contributed by atoms with Crippen LogP contribution in [0.4, 0.5) is 0 Å². The molecule has 0 unspecified atom stereocenters. The highest BCUT2D eigenvalue weighted by atomic mass is 35.5. The fraction of sp³-hybridized carbons (Fsp3) is 0.190. The molecule has 2 rings (SSSR count). The zero-order chi connectivity index (χ0) is 22.1. The number of ether oxygens (including phenoxy) is 2. The van der Waals surface area contributed by atoms with E-state index < -0.39 is 11.8 Å². The highest BCUT2D eigenvalue weighted by Crippen LogP contribution is 2.25. The third-order valence-corrected chi connectivity index (χ3v) is 4.68. The molecule has 2 aromatic rings. The van der Waals surface area contributed by atoms with E-state index in [1.54, 1.807) is 37.5 Å². The van der Waals surface area contributed by atoms with Gasteiger partial charge in [0.25, 0.3) is 5.91 Å². The van der Waals surface area contributed by atoms with Crippen LogP contribution < -0.4 is 25.6 Å². The molecule has 0 heterocycles. The van der Waals surface area contributed by atoms with Crippen LogP contribution in [0.5, 0.6) is 11.5 Å². The van der Waals surface area contributed by atoms with Gasteiger partial charge < -0.3 is 9.47 Å². The number of hydrogen-bond acceptors (Lipinski definition) is 5. The average Bonchev–Trinajstić information content (AvgIpc) is 2.73. The number of methoxy groups -OCH3 is 1. The molecule has 0 radical (unpaired) electrons. The second-order valence-electron chi connectivity index (χ2n) is 6.26. The lowest BCUT2D eigenvalue weighted by molar-refractivity contribution is -0.123. The van der Waals surface area contributed by atoms with Crippen molar-refractivity contribution in [2.45, 2.75) is 13.8 Å². The maximum atomic E-state index is 11.9. The van der Waals surface area contributed by atoms with Crippen molar-refractivity contribution in [2.75, 3.05) is 13.7 Å². The molecule has 7 nitrogen and oxygen atoms in total. The Morgan fingerprint density at radius 1 is 1.07 bits per heavy atom. The molecule has 30 heavy (non-hydrogen) atoms. The van der Waals surface area contributed by atoms with Gasteiger partial charge in [0.2, 0.25) is 5.91 Å². The normalized spacial score (nSPS) is 10.4. The summed E-state index contributed by atoms with van der Waals surface area (Å²) < 4.78 is 10.5. The molecule has 2 amide bonds. The number of amides is 2. The van der Waals surface area contributed by atoms with Crippen LogP contribution in [0.2, 0.25) is 5.02 Å². The van der Waals surface area contributed by atoms with Crippen LogP contribution in [-0.2, 0) is 9.59 Å². The van der Waals surface area contributed by atoms with E-state index in [9.17, 15) is 9.59 Å². The Morgan fingerprint density at radius 2 is 1.70 bits per heavy atom. The van der Waals surface area contributed by atoms with E-state index in [1.807, 2.05) is 26.0 Å². The maximum Gasteiger partial charge on any atom is 0.276 e. The van der Waals surface area contributed by atoms with Crippen molar-refractivity contribution in [2.24, 2.45) is 0 Å². The fourth-order valence-corrected chi connectivity index (χ4v) is 2.63. The summed E-state index contributed by atoms with van der Waals surface area (Å²) in [6, 6.07) is 10.7. The van der Waals surface area contributed by atoms with Crippen molar-refractivity contribution in [3.05, 3.63) is 64.2 Å². The van der Waals surface area contributed by atoms with Gasteiger partial charge in [0.05, 0.1) is 7.11 Å². The molecule has 0 saturated heterocycles. The fourth-order valence-electron chi connectivity index (χ4n) is 2.37. The minimum absolute atomic E-state index is 0.0501. The molecule has 0 aliphatic carbocycles. The topological polar surface area (TPSA) is 88.7 Å². The van der Waals surface area contributed by atoms with Crippen LogP contribution in [0.1, 0.15) is 16.7 Å². The molecule has 0 spiro atoms. The van der Waals surface area contributed by atoms with Crippen molar-refractivity contribution in [1.29, 1.82) is 0 Å². The number of aryl methyl sites for hydroxylation is 2. The molecule has 0 bridgehead atoms. The second-order valence-corrected chi connectivity index (χ2v) is 7.04. The van der Waals surface area contributed by atoms with Crippen LogP contribution in [0.25, 0.3) is 6.08 Å². The smallest absolute Gasteiger partial charge is 0.276 e. The Hall–Kier alpha value is -3.10. The first kappa shape index (κ1) is 23.2. The Bertz CT molecular complexity index is 938. The van der Waals surface area contributed by atoms with Crippen molar-refractivity contribution in [3.63, 3.8) is 0 Å². The molecular formula is C21H22ClN3O4S. The number of nitrogens with one attached hydrogen (secondary N) is 3. The molecule has 0 saturated carbocycles. The SMILES string of the molecule is COc1ccc(C=CC(=O)NC(=S)NNC(=O)COc2cc(C)c(Cl)c(C)c2)cc1. The first-order chi connectivity index (χ1) is 14.3. The number of thiocarbonyl (C=S) groups is 1. The van der Waals surface area contributed by atoms with Gasteiger partial charge in [0, 0.05) is 11.1 Å². The zero-order valence-electron chi connectivity index (χ0n) is 16.7. The molecule has 3 N–H and O–H groups in total. The minimum atomic E-state index is -0.467. The third kappa shape index (κ3) is 7.38. The minimum Gasteiger partial charge on any atom is -0.497 e. The first-order valence-electron chi connectivity index (χ1n) is 8.90. The third-order valence-electron chi connectivity index (χ3n) is 3.88. The monoisotopic (exact) mass is 447 g/mol. The Balaban J connectivity index is 1.73. The zero-order valence-corrected chi connectivity index (χ0v) is 18.3. The summed E-state index contributed by atoms with van der Waals surface area (Å²) in [5.41, 5.74) is 7.33. The predicted molar refractivity (Wildman–Crippen MR) is 120 cm³/mol. The van der Waals surface area contributed by atoms with Crippen LogP contribution in [0.15, 0.2) is 42.5 Å². The van der Waals surface area contributed by atoms with E-state index >= 15 is 0 Å². The molecule has 0 aliphatic heterocycles. The van der Waals surface area contributed by atoms with Crippen LogP contribution >= 0.6 is 23.8 Å². The van der Waals surface area contributed by atoms with Gasteiger partial charge >= 0.3 is 0 Å².